The first-order valence-electron chi connectivity index (χ1n) is 4.18. The summed E-state index contributed by atoms with van der Waals surface area (Å²) in [5.41, 5.74) is 0. The number of thioether (sulfide) groups is 1. The van der Waals surface area contributed by atoms with Crippen molar-refractivity contribution in [2.45, 2.75) is 30.8 Å². The van der Waals surface area contributed by atoms with E-state index < -0.39 is 0 Å². The van der Waals surface area contributed by atoms with Crippen LogP contribution in [-0.4, -0.2) is 35.8 Å². The fraction of sp³-hybridized carbons (Fsp3) is 0.875. The van der Waals surface area contributed by atoms with E-state index in [0.717, 1.165) is 13.0 Å². The Kier molecular flexibility index (Phi) is 2.39. The van der Waals surface area contributed by atoms with Crippen LogP contribution in [0.5, 0.6) is 0 Å². The summed E-state index contributed by atoms with van der Waals surface area (Å²) in [6.07, 6.45) is 1.40. The Morgan fingerprint density at radius 3 is 3.08 bits per heavy atom. The van der Waals surface area contributed by atoms with E-state index in [0.29, 0.717) is 6.61 Å². The molecule has 0 aromatic rings. The molecule has 2 heterocycles. The minimum atomic E-state index is 0.153. The van der Waals surface area contributed by atoms with Gasteiger partial charge < -0.3 is 9.47 Å². The zero-order chi connectivity index (χ0) is 8.55. The monoisotopic (exact) mass is 188 g/mol. The number of hydrogen-bond donors (Lipinski definition) is 0. The van der Waals surface area contributed by atoms with Gasteiger partial charge in [-0.25, -0.2) is 0 Å². The first-order valence-corrected chi connectivity index (χ1v) is 5.06. The van der Waals surface area contributed by atoms with Crippen LogP contribution in [0.15, 0.2) is 0 Å². The van der Waals surface area contributed by atoms with Crippen LogP contribution >= 0.6 is 11.8 Å². The van der Waals surface area contributed by atoms with Crippen LogP contribution in [0.25, 0.3) is 0 Å². The summed E-state index contributed by atoms with van der Waals surface area (Å²) in [5.74, 6) is 0. The Bertz CT molecular complexity index is 195. The van der Waals surface area contributed by atoms with Gasteiger partial charge in [0, 0.05) is 13.5 Å². The van der Waals surface area contributed by atoms with Crippen molar-refractivity contribution in [2.24, 2.45) is 0 Å². The van der Waals surface area contributed by atoms with Gasteiger partial charge in [0.1, 0.15) is 0 Å². The van der Waals surface area contributed by atoms with E-state index in [1.54, 1.807) is 6.92 Å². The van der Waals surface area contributed by atoms with Crippen LogP contribution < -0.4 is 0 Å². The Labute approximate surface area is 75.8 Å². The van der Waals surface area contributed by atoms with Gasteiger partial charge in [-0.3, -0.25) is 4.79 Å². The molecule has 0 saturated carbocycles. The molecule has 0 bridgehead atoms. The summed E-state index contributed by atoms with van der Waals surface area (Å²) in [7, 11) is 0. The molecule has 0 aliphatic carbocycles. The first-order chi connectivity index (χ1) is 5.77. The standard InChI is InChI=1S/C8H12O3S/c1-5(9)12-7-4-11-6-2-3-10-8(6)7/h6-8H,2-4H2,1H3/t6?,7-,8?/m0/s1. The quantitative estimate of drug-likeness (QED) is 0.610. The predicted molar refractivity (Wildman–Crippen MR) is 46.2 cm³/mol. The third-order valence-electron chi connectivity index (χ3n) is 2.24. The Morgan fingerprint density at radius 2 is 2.33 bits per heavy atom. The first kappa shape index (κ1) is 8.53. The van der Waals surface area contributed by atoms with Gasteiger partial charge in [-0.1, -0.05) is 11.8 Å². The lowest BCUT2D eigenvalue weighted by Crippen LogP contribution is -2.25. The lowest BCUT2D eigenvalue weighted by molar-refractivity contribution is -0.109. The summed E-state index contributed by atoms with van der Waals surface area (Å²) in [6.45, 7) is 3.04. The molecule has 0 N–H and O–H groups in total. The summed E-state index contributed by atoms with van der Waals surface area (Å²) in [4.78, 5) is 10.8. The summed E-state index contributed by atoms with van der Waals surface area (Å²) >= 11 is 1.35. The Hall–Kier alpha value is -0.0600. The summed E-state index contributed by atoms with van der Waals surface area (Å²) in [6, 6.07) is 0. The molecule has 2 fully saturated rings. The van der Waals surface area contributed by atoms with Gasteiger partial charge >= 0.3 is 0 Å². The smallest absolute Gasteiger partial charge is 0.186 e. The van der Waals surface area contributed by atoms with E-state index in [9.17, 15) is 4.79 Å². The minimum absolute atomic E-state index is 0.153. The van der Waals surface area contributed by atoms with Gasteiger partial charge in [0.2, 0.25) is 0 Å². The topological polar surface area (TPSA) is 35.5 Å². The Balaban J connectivity index is 1.95. The van der Waals surface area contributed by atoms with Crippen molar-refractivity contribution in [3.63, 3.8) is 0 Å². The fourth-order valence-corrected chi connectivity index (χ4v) is 2.71. The van der Waals surface area contributed by atoms with E-state index in [4.69, 9.17) is 9.47 Å². The van der Waals surface area contributed by atoms with Crippen molar-refractivity contribution >= 4 is 16.9 Å². The van der Waals surface area contributed by atoms with Gasteiger partial charge in [-0.15, -0.1) is 0 Å². The lowest BCUT2D eigenvalue weighted by atomic mass is 10.2. The molecule has 0 aromatic heterocycles. The highest BCUT2D eigenvalue weighted by Gasteiger charge is 2.42. The van der Waals surface area contributed by atoms with Crippen molar-refractivity contribution in [2.75, 3.05) is 13.2 Å². The average molecular weight is 188 g/mol. The molecule has 0 spiro atoms. The van der Waals surface area contributed by atoms with Crippen LogP contribution in [0.2, 0.25) is 0 Å². The van der Waals surface area contributed by atoms with Crippen molar-refractivity contribution in [1.29, 1.82) is 0 Å². The molecule has 0 radical (unpaired) electrons. The van der Waals surface area contributed by atoms with Gasteiger partial charge in [-0.2, -0.15) is 0 Å². The number of carbonyl (C=O) groups is 1. The van der Waals surface area contributed by atoms with E-state index in [-0.39, 0.29) is 22.6 Å². The zero-order valence-corrected chi connectivity index (χ0v) is 7.80. The predicted octanol–water partition coefficient (Wildman–Crippen LogP) is 0.822. The number of hydrogen-bond acceptors (Lipinski definition) is 4. The SMILES string of the molecule is CC(=O)S[C@H]1COC2CCOC21. The van der Waals surface area contributed by atoms with Gasteiger partial charge in [0.25, 0.3) is 0 Å². The van der Waals surface area contributed by atoms with Gasteiger partial charge in [-0.05, 0) is 6.42 Å². The number of fused-ring (bicyclic) bond motifs is 1. The van der Waals surface area contributed by atoms with Crippen LogP contribution in [0.4, 0.5) is 0 Å². The van der Waals surface area contributed by atoms with Crippen LogP contribution in [-0.2, 0) is 14.3 Å². The van der Waals surface area contributed by atoms with Crippen LogP contribution in [0.1, 0.15) is 13.3 Å². The van der Waals surface area contributed by atoms with Crippen molar-refractivity contribution in [3.05, 3.63) is 0 Å². The van der Waals surface area contributed by atoms with Gasteiger partial charge in [0.15, 0.2) is 5.12 Å². The maximum Gasteiger partial charge on any atom is 0.186 e. The van der Waals surface area contributed by atoms with E-state index >= 15 is 0 Å². The second-order valence-corrected chi connectivity index (χ2v) is 4.56. The minimum Gasteiger partial charge on any atom is -0.374 e. The highest BCUT2D eigenvalue weighted by Crippen LogP contribution is 2.33. The lowest BCUT2D eigenvalue weighted by Gasteiger charge is -2.12. The molecular formula is C8H12O3S. The fourth-order valence-electron chi connectivity index (χ4n) is 1.74. The molecule has 3 nitrogen and oxygen atoms in total. The van der Waals surface area contributed by atoms with E-state index in [1.165, 1.54) is 11.8 Å². The molecular weight excluding hydrogens is 176 g/mol. The maximum atomic E-state index is 10.8. The molecule has 68 valence electrons. The molecule has 3 atom stereocenters. The second kappa shape index (κ2) is 3.36. The van der Waals surface area contributed by atoms with E-state index in [2.05, 4.69) is 0 Å². The third-order valence-corrected chi connectivity index (χ3v) is 3.28. The van der Waals surface area contributed by atoms with Crippen molar-refractivity contribution in [3.8, 4) is 0 Å². The number of ether oxygens (including phenoxy) is 2. The molecule has 2 unspecified atom stereocenters. The van der Waals surface area contributed by atoms with Crippen molar-refractivity contribution < 1.29 is 14.3 Å². The summed E-state index contributed by atoms with van der Waals surface area (Å²) in [5, 5.41) is 0.384. The molecule has 12 heavy (non-hydrogen) atoms. The molecule has 2 aliphatic rings. The summed E-state index contributed by atoms with van der Waals surface area (Å²) < 4.78 is 11.0. The number of rotatable bonds is 1. The Morgan fingerprint density at radius 1 is 1.50 bits per heavy atom. The van der Waals surface area contributed by atoms with Gasteiger partial charge in [0.05, 0.1) is 24.1 Å². The number of carbonyl (C=O) groups excluding carboxylic acids is 1. The van der Waals surface area contributed by atoms with Crippen LogP contribution in [0, 0.1) is 0 Å². The van der Waals surface area contributed by atoms with E-state index in [1.807, 2.05) is 0 Å². The maximum absolute atomic E-state index is 10.8. The zero-order valence-electron chi connectivity index (χ0n) is 6.99. The molecule has 2 saturated heterocycles. The largest absolute Gasteiger partial charge is 0.374 e. The highest BCUT2D eigenvalue weighted by molar-refractivity contribution is 8.14. The average Bonchev–Trinajstić information content (AvgIpc) is 2.52. The second-order valence-electron chi connectivity index (χ2n) is 3.14. The molecule has 4 heteroatoms. The van der Waals surface area contributed by atoms with Crippen molar-refractivity contribution in [1.82, 2.24) is 0 Å². The highest BCUT2D eigenvalue weighted by atomic mass is 32.2. The van der Waals surface area contributed by atoms with Crippen LogP contribution in [0.3, 0.4) is 0 Å². The molecule has 0 amide bonds. The molecule has 2 rings (SSSR count). The normalized spacial score (nSPS) is 39.9. The third kappa shape index (κ3) is 1.51. The molecule has 0 aromatic carbocycles. The molecule has 2 aliphatic heterocycles.